The van der Waals surface area contributed by atoms with E-state index in [1.807, 2.05) is 0 Å². The number of carbonyl (C=O) groups is 1. The summed E-state index contributed by atoms with van der Waals surface area (Å²) in [5, 5.41) is 23.4. The van der Waals surface area contributed by atoms with E-state index in [0.717, 1.165) is 19.3 Å². The number of nitro benzene ring substituents is 1. The van der Waals surface area contributed by atoms with Crippen LogP contribution in [0.3, 0.4) is 0 Å². The smallest absolute Gasteiger partial charge is 0.271 e. The number of nitrogens with one attached hydrogen (secondary N) is 1. The van der Waals surface area contributed by atoms with Gasteiger partial charge < -0.3 is 15.0 Å². The number of rotatable bonds is 6. The van der Waals surface area contributed by atoms with Crippen molar-refractivity contribution in [2.75, 3.05) is 26.0 Å². The molecule has 1 aromatic rings. The monoisotopic (exact) mass is 346 g/mol. The first-order valence-electron chi connectivity index (χ1n) is 8.18. The predicted molar refractivity (Wildman–Crippen MR) is 92.3 cm³/mol. The second-order valence-electron chi connectivity index (χ2n) is 6.15. The molecule has 0 heterocycles. The summed E-state index contributed by atoms with van der Waals surface area (Å²) in [4.78, 5) is 24.4. The molecule has 2 rings (SSSR count). The molecular weight excluding hydrogens is 324 g/mol. The minimum Gasteiger partial charge on any atom is -0.495 e. The molecule has 8 nitrogen and oxygen atoms in total. The molecule has 1 aromatic carbocycles. The molecular formula is C17H22N4O4. The Bertz CT molecular complexity index is 692. The summed E-state index contributed by atoms with van der Waals surface area (Å²) in [6.45, 7) is -0.0720. The summed E-state index contributed by atoms with van der Waals surface area (Å²) in [5.41, 5.74) is -0.484. The highest BCUT2D eigenvalue weighted by molar-refractivity contribution is 5.82. The van der Waals surface area contributed by atoms with Crippen LogP contribution in [-0.2, 0) is 4.79 Å². The van der Waals surface area contributed by atoms with Gasteiger partial charge in [0, 0.05) is 19.2 Å². The third kappa shape index (κ3) is 3.99. The van der Waals surface area contributed by atoms with Crippen molar-refractivity contribution in [2.24, 2.45) is 0 Å². The summed E-state index contributed by atoms with van der Waals surface area (Å²) in [6, 6.07) is 6.45. The zero-order valence-electron chi connectivity index (χ0n) is 14.4. The molecule has 1 N–H and O–H groups in total. The number of nitrogens with zero attached hydrogens (tertiary/aromatic N) is 3. The van der Waals surface area contributed by atoms with Gasteiger partial charge in [0.05, 0.1) is 30.3 Å². The number of non-ortho nitro benzene ring substituents is 1. The van der Waals surface area contributed by atoms with Crippen LogP contribution in [0.4, 0.5) is 11.4 Å². The Labute approximate surface area is 146 Å². The lowest BCUT2D eigenvalue weighted by molar-refractivity contribution is -0.384. The molecule has 8 heteroatoms. The number of carbonyl (C=O) groups excluding carboxylic acids is 1. The number of anilines is 1. The number of likely N-dealkylation sites (N-methyl/N-ethyl adjacent to an activating group) is 1. The number of methoxy groups -OCH3 is 1. The summed E-state index contributed by atoms with van der Waals surface area (Å²) in [6.07, 6.45) is 4.28. The van der Waals surface area contributed by atoms with Gasteiger partial charge in [-0.15, -0.1) is 0 Å². The quantitative estimate of drug-likeness (QED) is 0.626. The zero-order valence-corrected chi connectivity index (χ0v) is 14.4. The molecule has 1 aliphatic carbocycles. The zero-order chi connectivity index (χ0) is 18.4. The van der Waals surface area contributed by atoms with E-state index in [1.165, 1.54) is 30.2 Å². The molecule has 1 aliphatic rings. The van der Waals surface area contributed by atoms with Crippen molar-refractivity contribution >= 4 is 17.3 Å². The fourth-order valence-electron chi connectivity index (χ4n) is 3.13. The van der Waals surface area contributed by atoms with E-state index in [-0.39, 0.29) is 18.1 Å². The Kier molecular flexibility index (Phi) is 5.80. The molecule has 0 bridgehead atoms. The number of amides is 1. The highest BCUT2D eigenvalue weighted by Gasteiger charge is 2.38. The number of nitriles is 1. The molecule has 134 valence electrons. The van der Waals surface area contributed by atoms with E-state index in [0.29, 0.717) is 24.3 Å². The minimum absolute atomic E-state index is 0.0720. The van der Waals surface area contributed by atoms with Gasteiger partial charge in [-0.1, -0.05) is 19.3 Å². The average molecular weight is 346 g/mol. The summed E-state index contributed by atoms with van der Waals surface area (Å²) >= 11 is 0. The average Bonchev–Trinajstić information content (AvgIpc) is 2.65. The molecule has 0 aromatic heterocycles. The number of ether oxygens (including phenoxy) is 1. The van der Waals surface area contributed by atoms with Gasteiger partial charge in [0.15, 0.2) is 0 Å². The van der Waals surface area contributed by atoms with Crippen molar-refractivity contribution in [3.63, 3.8) is 0 Å². The largest absolute Gasteiger partial charge is 0.495 e. The number of benzene rings is 1. The summed E-state index contributed by atoms with van der Waals surface area (Å²) < 4.78 is 5.17. The van der Waals surface area contributed by atoms with Crippen LogP contribution < -0.4 is 10.1 Å². The molecule has 0 spiro atoms. The van der Waals surface area contributed by atoms with Gasteiger partial charge in [-0.3, -0.25) is 14.9 Å². The van der Waals surface area contributed by atoms with Crippen molar-refractivity contribution in [3.8, 4) is 11.8 Å². The van der Waals surface area contributed by atoms with Crippen LogP contribution in [0.2, 0.25) is 0 Å². The fourth-order valence-corrected chi connectivity index (χ4v) is 3.13. The predicted octanol–water partition coefficient (Wildman–Crippen LogP) is 2.70. The van der Waals surface area contributed by atoms with Gasteiger partial charge in [-0.2, -0.15) is 5.26 Å². The van der Waals surface area contributed by atoms with Crippen molar-refractivity contribution < 1.29 is 14.5 Å². The van der Waals surface area contributed by atoms with Gasteiger partial charge in [-0.25, -0.2) is 0 Å². The van der Waals surface area contributed by atoms with E-state index >= 15 is 0 Å². The lowest BCUT2D eigenvalue weighted by atomic mass is 9.81. The Hall–Kier alpha value is -2.82. The van der Waals surface area contributed by atoms with E-state index in [9.17, 15) is 20.2 Å². The van der Waals surface area contributed by atoms with Crippen molar-refractivity contribution in [1.82, 2.24) is 4.90 Å². The van der Waals surface area contributed by atoms with E-state index < -0.39 is 10.5 Å². The highest BCUT2D eigenvalue weighted by Crippen LogP contribution is 2.33. The van der Waals surface area contributed by atoms with Gasteiger partial charge >= 0.3 is 0 Å². The molecule has 0 unspecified atom stereocenters. The first-order valence-corrected chi connectivity index (χ1v) is 8.18. The maximum absolute atomic E-state index is 12.5. The second-order valence-corrected chi connectivity index (χ2v) is 6.15. The number of hydrogen-bond donors (Lipinski definition) is 1. The highest BCUT2D eigenvalue weighted by atomic mass is 16.6. The van der Waals surface area contributed by atoms with E-state index in [4.69, 9.17) is 4.74 Å². The Balaban J connectivity index is 2.10. The Morgan fingerprint density at radius 1 is 1.44 bits per heavy atom. The maximum Gasteiger partial charge on any atom is 0.271 e. The molecule has 1 fully saturated rings. The van der Waals surface area contributed by atoms with Crippen LogP contribution in [0.25, 0.3) is 0 Å². The van der Waals surface area contributed by atoms with E-state index in [1.54, 1.807) is 7.05 Å². The Morgan fingerprint density at radius 2 is 2.12 bits per heavy atom. The van der Waals surface area contributed by atoms with Crippen LogP contribution in [0.15, 0.2) is 18.2 Å². The standard InChI is InChI=1S/C17H22N4O4/c1-20(17(12-18)8-4-3-5-9-17)16(22)11-19-14-10-13(21(23)24)6-7-15(14)25-2/h6-7,10,19H,3-5,8-9,11H2,1-2H3. The minimum atomic E-state index is -0.760. The molecule has 25 heavy (non-hydrogen) atoms. The van der Waals surface area contributed by atoms with Gasteiger partial charge in [-0.05, 0) is 18.9 Å². The topological polar surface area (TPSA) is 108 Å². The third-order valence-electron chi connectivity index (χ3n) is 4.73. The van der Waals surface area contributed by atoms with Gasteiger partial charge in [0.1, 0.15) is 11.3 Å². The van der Waals surface area contributed by atoms with Crippen molar-refractivity contribution in [3.05, 3.63) is 28.3 Å². The number of nitro groups is 1. The molecule has 0 saturated heterocycles. The van der Waals surface area contributed by atoms with Crippen LogP contribution in [0.5, 0.6) is 5.75 Å². The number of hydrogen-bond acceptors (Lipinski definition) is 6. The lowest BCUT2D eigenvalue weighted by Gasteiger charge is -2.39. The fraction of sp³-hybridized carbons (Fsp3) is 0.529. The molecule has 0 aliphatic heterocycles. The van der Waals surface area contributed by atoms with Gasteiger partial charge in [0.25, 0.3) is 5.69 Å². The summed E-state index contributed by atoms with van der Waals surface area (Å²) in [7, 11) is 3.09. The first kappa shape index (κ1) is 18.5. The summed E-state index contributed by atoms with van der Waals surface area (Å²) in [5.74, 6) is 0.172. The van der Waals surface area contributed by atoms with Crippen LogP contribution in [0, 0.1) is 21.4 Å². The SMILES string of the molecule is COc1ccc([N+](=O)[O-])cc1NCC(=O)N(C)C1(C#N)CCCCC1. The molecule has 1 amide bonds. The lowest BCUT2D eigenvalue weighted by Crippen LogP contribution is -2.51. The third-order valence-corrected chi connectivity index (χ3v) is 4.73. The van der Waals surface area contributed by atoms with Gasteiger partial charge in [0.2, 0.25) is 5.91 Å². The molecule has 0 atom stereocenters. The van der Waals surface area contributed by atoms with Crippen molar-refractivity contribution in [2.45, 2.75) is 37.6 Å². The Morgan fingerprint density at radius 3 is 2.68 bits per heavy atom. The second kappa shape index (κ2) is 7.83. The first-order chi connectivity index (χ1) is 11.9. The van der Waals surface area contributed by atoms with Crippen molar-refractivity contribution in [1.29, 1.82) is 5.26 Å². The normalized spacial score (nSPS) is 15.7. The van der Waals surface area contributed by atoms with E-state index in [2.05, 4.69) is 11.4 Å². The molecule has 0 radical (unpaired) electrons. The van der Waals surface area contributed by atoms with Crippen LogP contribution in [-0.4, -0.2) is 42.0 Å². The molecule has 1 saturated carbocycles. The van der Waals surface area contributed by atoms with Crippen LogP contribution in [0.1, 0.15) is 32.1 Å². The maximum atomic E-state index is 12.5. The van der Waals surface area contributed by atoms with Crippen LogP contribution >= 0.6 is 0 Å².